The Balaban J connectivity index is 1.57. The van der Waals surface area contributed by atoms with E-state index >= 15 is 0 Å². The number of rotatable bonds is 6. The molecule has 1 aliphatic heterocycles. The second-order valence-electron chi connectivity index (χ2n) is 9.06. The van der Waals surface area contributed by atoms with Crippen molar-refractivity contribution in [1.82, 2.24) is 4.90 Å². The van der Waals surface area contributed by atoms with Gasteiger partial charge in [0.2, 0.25) is 15.9 Å². The van der Waals surface area contributed by atoms with Crippen LogP contribution >= 0.6 is 0 Å². The first-order valence-corrected chi connectivity index (χ1v) is 12.2. The van der Waals surface area contributed by atoms with Gasteiger partial charge in [-0.2, -0.15) is 0 Å². The van der Waals surface area contributed by atoms with Gasteiger partial charge in [-0.3, -0.25) is 14.0 Å². The number of anilines is 1. The van der Waals surface area contributed by atoms with Crippen molar-refractivity contribution in [2.24, 2.45) is 17.6 Å². The second-order valence-corrected chi connectivity index (χ2v) is 10.9. The van der Waals surface area contributed by atoms with Crippen LogP contribution < -0.4 is 10.0 Å². The molecule has 2 saturated carbocycles. The molecular formula is C21H31N3O3S. The van der Waals surface area contributed by atoms with Gasteiger partial charge in [-0.25, -0.2) is 8.42 Å². The van der Waals surface area contributed by atoms with Crippen LogP contribution in [0.1, 0.15) is 44.6 Å². The third-order valence-electron chi connectivity index (χ3n) is 7.19. The standard InChI is InChI=1S/C21H31N3O3S/c1-21(18-12-23(13-19(18)21)14-20(22)25)15-7-6-10-17(11-15)24(28(2,26)27)16-8-4-3-5-9-16/h6-7,10-11,16,18-19H,3-5,8-9,12-14H2,1-2H3,(H2,22,25). The van der Waals surface area contributed by atoms with Gasteiger partial charge in [0.15, 0.2) is 0 Å². The Labute approximate surface area is 168 Å². The highest BCUT2D eigenvalue weighted by molar-refractivity contribution is 7.92. The van der Waals surface area contributed by atoms with Gasteiger partial charge in [0.25, 0.3) is 0 Å². The van der Waals surface area contributed by atoms with E-state index in [4.69, 9.17) is 5.73 Å². The molecule has 2 aliphatic carbocycles. The number of sulfonamides is 1. The van der Waals surface area contributed by atoms with Crippen molar-refractivity contribution in [2.75, 3.05) is 30.2 Å². The molecule has 3 aliphatic rings. The number of primary amides is 1. The summed E-state index contributed by atoms with van der Waals surface area (Å²) >= 11 is 0. The molecule has 2 atom stereocenters. The zero-order chi connectivity index (χ0) is 20.1. The molecule has 0 aromatic heterocycles. The first-order valence-electron chi connectivity index (χ1n) is 10.3. The highest BCUT2D eigenvalue weighted by Crippen LogP contribution is 2.63. The van der Waals surface area contributed by atoms with E-state index in [1.165, 1.54) is 18.2 Å². The normalized spacial score (nSPS) is 30.8. The van der Waals surface area contributed by atoms with E-state index in [9.17, 15) is 13.2 Å². The van der Waals surface area contributed by atoms with E-state index in [1.54, 1.807) is 4.31 Å². The predicted molar refractivity (Wildman–Crippen MR) is 111 cm³/mol. The largest absolute Gasteiger partial charge is 0.369 e. The van der Waals surface area contributed by atoms with E-state index in [2.05, 4.69) is 24.0 Å². The molecule has 6 nitrogen and oxygen atoms in total. The smallest absolute Gasteiger partial charge is 0.232 e. The summed E-state index contributed by atoms with van der Waals surface area (Å²) in [5.74, 6) is 0.730. The number of hydrogen-bond donors (Lipinski definition) is 1. The van der Waals surface area contributed by atoms with Crippen LogP contribution in [0.4, 0.5) is 5.69 Å². The average Bonchev–Trinajstić information content (AvgIpc) is 2.98. The van der Waals surface area contributed by atoms with Crippen molar-refractivity contribution in [3.05, 3.63) is 29.8 Å². The van der Waals surface area contributed by atoms with Crippen LogP contribution in [0.25, 0.3) is 0 Å². The number of piperidine rings is 1. The first kappa shape index (κ1) is 19.7. The number of hydrogen-bond acceptors (Lipinski definition) is 4. The number of benzene rings is 1. The molecule has 1 aromatic rings. The molecule has 154 valence electrons. The van der Waals surface area contributed by atoms with Gasteiger partial charge in [-0.1, -0.05) is 38.3 Å². The van der Waals surface area contributed by atoms with Crippen LogP contribution in [0.15, 0.2) is 24.3 Å². The monoisotopic (exact) mass is 405 g/mol. The lowest BCUT2D eigenvalue weighted by molar-refractivity contribution is -0.119. The summed E-state index contributed by atoms with van der Waals surface area (Å²) in [5, 5.41) is 0. The van der Waals surface area contributed by atoms with Crippen LogP contribution in [0.5, 0.6) is 0 Å². The Morgan fingerprint density at radius 3 is 2.43 bits per heavy atom. The van der Waals surface area contributed by atoms with E-state index < -0.39 is 10.0 Å². The van der Waals surface area contributed by atoms with Gasteiger partial charge in [0.05, 0.1) is 18.5 Å². The number of likely N-dealkylation sites (tertiary alicyclic amines) is 1. The maximum absolute atomic E-state index is 12.6. The molecule has 1 amide bonds. The quantitative estimate of drug-likeness (QED) is 0.785. The van der Waals surface area contributed by atoms with Crippen molar-refractivity contribution in [3.63, 3.8) is 0 Å². The van der Waals surface area contributed by atoms with Crippen LogP contribution in [0, 0.1) is 11.8 Å². The summed E-state index contributed by atoms with van der Waals surface area (Å²) in [6.45, 7) is 4.36. The molecule has 0 spiro atoms. The van der Waals surface area contributed by atoms with Gasteiger partial charge >= 0.3 is 0 Å². The van der Waals surface area contributed by atoms with E-state index in [0.29, 0.717) is 18.4 Å². The van der Waals surface area contributed by atoms with Crippen LogP contribution in [0.3, 0.4) is 0 Å². The fourth-order valence-corrected chi connectivity index (χ4v) is 6.96. The van der Waals surface area contributed by atoms with Crippen molar-refractivity contribution < 1.29 is 13.2 Å². The lowest BCUT2D eigenvalue weighted by atomic mass is 9.91. The summed E-state index contributed by atoms with van der Waals surface area (Å²) < 4.78 is 26.9. The summed E-state index contributed by atoms with van der Waals surface area (Å²) in [4.78, 5) is 13.3. The molecule has 0 bridgehead atoms. The number of nitrogens with two attached hydrogens (primary N) is 1. The van der Waals surface area contributed by atoms with Gasteiger partial charge in [0, 0.05) is 24.5 Å². The third kappa shape index (κ3) is 3.43. The highest BCUT2D eigenvalue weighted by Gasteiger charge is 2.65. The molecule has 0 radical (unpaired) electrons. The molecule has 1 saturated heterocycles. The Kier molecular flexibility index (Phi) is 4.94. The fourth-order valence-electron chi connectivity index (χ4n) is 5.71. The summed E-state index contributed by atoms with van der Waals surface area (Å²) in [7, 11) is -3.33. The summed E-state index contributed by atoms with van der Waals surface area (Å²) in [6.07, 6.45) is 6.56. The predicted octanol–water partition coefficient (Wildman–Crippen LogP) is 2.09. The summed E-state index contributed by atoms with van der Waals surface area (Å²) in [5.41, 5.74) is 7.40. The zero-order valence-electron chi connectivity index (χ0n) is 16.8. The van der Waals surface area contributed by atoms with Crippen molar-refractivity contribution >= 4 is 21.6 Å². The Morgan fingerprint density at radius 1 is 1.21 bits per heavy atom. The molecule has 1 heterocycles. The topological polar surface area (TPSA) is 83.7 Å². The van der Waals surface area contributed by atoms with Crippen molar-refractivity contribution in [2.45, 2.75) is 50.5 Å². The Hall–Kier alpha value is -1.60. The molecule has 3 fully saturated rings. The second kappa shape index (κ2) is 7.02. The first-order chi connectivity index (χ1) is 13.2. The van der Waals surface area contributed by atoms with Crippen molar-refractivity contribution in [3.8, 4) is 0 Å². The maximum atomic E-state index is 12.6. The van der Waals surface area contributed by atoms with Gasteiger partial charge in [0.1, 0.15) is 0 Å². The highest BCUT2D eigenvalue weighted by atomic mass is 32.2. The maximum Gasteiger partial charge on any atom is 0.232 e. The number of carbonyl (C=O) groups excluding carboxylic acids is 1. The minimum atomic E-state index is -3.33. The van der Waals surface area contributed by atoms with E-state index in [0.717, 1.165) is 44.5 Å². The number of fused-ring (bicyclic) bond motifs is 1. The molecule has 1 aromatic carbocycles. The van der Waals surface area contributed by atoms with Crippen LogP contribution in [-0.4, -0.2) is 51.2 Å². The molecular weight excluding hydrogens is 374 g/mol. The van der Waals surface area contributed by atoms with E-state index in [-0.39, 0.29) is 17.4 Å². The summed E-state index contributed by atoms with van der Waals surface area (Å²) in [6, 6.07) is 8.21. The lowest BCUT2D eigenvalue weighted by Crippen LogP contribution is -2.41. The van der Waals surface area contributed by atoms with Gasteiger partial charge in [-0.05, 0) is 42.4 Å². The molecule has 4 rings (SSSR count). The molecule has 7 heteroatoms. The minimum absolute atomic E-state index is 0.0555. The van der Waals surface area contributed by atoms with Crippen LogP contribution in [0.2, 0.25) is 0 Å². The van der Waals surface area contributed by atoms with Crippen LogP contribution in [-0.2, 0) is 20.2 Å². The lowest BCUT2D eigenvalue weighted by Gasteiger charge is -2.34. The van der Waals surface area contributed by atoms with Gasteiger partial charge in [-0.15, -0.1) is 0 Å². The number of amides is 1. The zero-order valence-corrected chi connectivity index (χ0v) is 17.6. The van der Waals surface area contributed by atoms with E-state index in [1.807, 2.05) is 12.1 Å². The molecule has 28 heavy (non-hydrogen) atoms. The Bertz CT molecular complexity index is 851. The number of nitrogens with zero attached hydrogens (tertiary/aromatic N) is 2. The van der Waals surface area contributed by atoms with Crippen molar-refractivity contribution in [1.29, 1.82) is 0 Å². The molecule has 2 unspecified atom stereocenters. The van der Waals surface area contributed by atoms with Gasteiger partial charge < -0.3 is 5.73 Å². The third-order valence-corrected chi connectivity index (χ3v) is 8.42. The SMILES string of the molecule is CC1(c2cccc(N(C3CCCCC3)S(C)(=O)=O)c2)C2CN(CC(N)=O)CC21. The molecule has 2 N–H and O–H groups in total. The minimum Gasteiger partial charge on any atom is -0.369 e. The average molecular weight is 406 g/mol. The fraction of sp³-hybridized carbons (Fsp3) is 0.667. The Morgan fingerprint density at radius 2 is 1.86 bits per heavy atom. The number of carbonyl (C=O) groups is 1.